The van der Waals surface area contributed by atoms with E-state index in [2.05, 4.69) is 16.8 Å². The van der Waals surface area contributed by atoms with Crippen molar-refractivity contribution < 1.29 is 13.2 Å². The van der Waals surface area contributed by atoms with E-state index in [1.54, 1.807) is 41.8 Å². The van der Waals surface area contributed by atoms with E-state index in [1.165, 1.54) is 12.2 Å². The SMILES string of the molecule is Cc1nc(Cl)c(C=CC(=O)NS(=O)(=O)C=Cc2ccccc2)n1Cc1ccc(C#Cc2ccccc2)cc1Cl. The largest absolute Gasteiger partial charge is 0.323 e. The topological polar surface area (TPSA) is 81.1 Å². The Balaban J connectivity index is 1.48. The van der Waals surface area contributed by atoms with Crippen LogP contribution >= 0.6 is 23.2 Å². The van der Waals surface area contributed by atoms with Gasteiger partial charge in [-0.05, 0) is 54.5 Å². The number of aryl methyl sites for hydroxylation is 1. The normalized spacial score (nSPS) is 11.5. The van der Waals surface area contributed by atoms with E-state index >= 15 is 0 Å². The van der Waals surface area contributed by atoms with Crippen LogP contribution < -0.4 is 4.72 Å². The number of nitrogens with zero attached hydrogens (tertiary/aromatic N) is 2. The molecule has 0 saturated heterocycles. The fraction of sp³-hybridized carbons (Fsp3) is 0.0667. The van der Waals surface area contributed by atoms with Crippen LogP contribution in [0.5, 0.6) is 0 Å². The summed E-state index contributed by atoms with van der Waals surface area (Å²) < 4.78 is 28.3. The molecule has 196 valence electrons. The Hall–Kier alpha value is -4.09. The zero-order valence-electron chi connectivity index (χ0n) is 20.8. The molecule has 3 aromatic carbocycles. The van der Waals surface area contributed by atoms with Crippen molar-refractivity contribution in [2.24, 2.45) is 0 Å². The summed E-state index contributed by atoms with van der Waals surface area (Å²) in [6.45, 7) is 2.10. The Bertz CT molecular complexity index is 1720. The molecule has 9 heteroatoms. The predicted octanol–water partition coefficient (Wildman–Crippen LogP) is 6.08. The molecule has 0 saturated carbocycles. The Kier molecular flexibility index (Phi) is 9.05. The fourth-order valence-electron chi connectivity index (χ4n) is 3.59. The highest BCUT2D eigenvalue weighted by molar-refractivity contribution is 7.93. The lowest BCUT2D eigenvalue weighted by Crippen LogP contribution is -2.26. The van der Waals surface area contributed by atoms with Gasteiger partial charge in [-0.2, -0.15) is 0 Å². The van der Waals surface area contributed by atoms with Gasteiger partial charge in [0.15, 0.2) is 5.15 Å². The van der Waals surface area contributed by atoms with Crippen molar-refractivity contribution in [1.82, 2.24) is 14.3 Å². The number of rotatable bonds is 7. The Labute approximate surface area is 237 Å². The van der Waals surface area contributed by atoms with Crippen molar-refractivity contribution in [3.05, 3.63) is 134 Å². The zero-order chi connectivity index (χ0) is 27.8. The van der Waals surface area contributed by atoms with E-state index < -0.39 is 15.9 Å². The van der Waals surface area contributed by atoms with Gasteiger partial charge in [0, 0.05) is 22.2 Å². The Morgan fingerprint density at radius 1 is 0.949 bits per heavy atom. The first-order chi connectivity index (χ1) is 18.7. The highest BCUT2D eigenvalue weighted by atomic mass is 35.5. The summed E-state index contributed by atoms with van der Waals surface area (Å²) in [6.07, 6.45) is 3.91. The molecule has 1 N–H and O–H groups in total. The predicted molar refractivity (Wildman–Crippen MR) is 157 cm³/mol. The van der Waals surface area contributed by atoms with Crippen molar-refractivity contribution in [1.29, 1.82) is 0 Å². The molecule has 0 unspecified atom stereocenters. The van der Waals surface area contributed by atoms with Gasteiger partial charge in [0.1, 0.15) is 5.82 Å². The number of amides is 1. The number of benzene rings is 3. The third kappa shape index (κ3) is 7.95. The summed E-state index contributed by atoms with van der Waals surface area (Å²) in [5.41, 5.74) is 3.60. The Morgan fingerprint density at radius 3 is 2.31 bits per heavy atom. The monoisotopic (exact) mass is 575 g/mol. The molecule has 0 bridgehead atoms. The maximum atomic E-state index is 12.4. The molecule has 6 nitrogen and oxygen atoms in total. The van der Waals surface area contributed by atoms with Crippen molar-refractivity contribution in [3.63, 3.8) is 0 Å². The van der Waals surface area contributed by atoms with E-state index in [9.17, 15) is 13.2 Å². The number of halogens is 2. The van der Waals surface area contributed by atoms with Crippen LogP contribution in [0.25, 0.3) is 12.2 Å². The van der Waals surface area contributed by atoms with Crippen LogP contribution in [0.1, 0.15) is 33.8 Å². The molecule has 1 aromatic heterocycles. The van der Waals surface area contributed by atoms with Gasteiger partial charge in [-0.25, -0.2) is 18.1 Å². The molecule has 0 aliphatic carbocycles. The number of nitrogens with one attached hydrogen (secondary N) is 1. The van der Waals surface area contributed by atoms with Gasteiger partial charge in [-0.3, -0.25) is 4.79 Å². The van der Waals surface area contributed by atoms with Crippen molar-refractivity contribution in [2.45, 2.75) is 13.5 Å². The van der Waals surface area contributed by atoms with Crippen LogP contribution in [0.15, 0.2) is 90.3 Å². The number of imidazole rings is 1. The maximum Gasteiger partial charge on any atom is 0.257 e. The van der Waals surface area contributed by atoms with Crippen LogP contribution in [-0.2, 0) is 21.4 Å². The number of hydrogen-bond donors (Lipinski definition) is 1. The molecule has 0 spiro atoms. The molecule has 39 heavy (non-hydrogen) atoms. The third-order valence-electron chi connectivity index (χ3n) is 5.53. The van der Waals surface area contributed by atoms with E-state index in [4.69, 9.17) is 23.2 Å². The average Bonchev–Trinajstić information content (AvgIpc) is 3.18. The first kappa shape index (κ1) is 27.9. The first-order valence-electron chi connectivity index (χ1n) is 11.8. The van der Waals surface area contributed by atoms with E-state index in [-0.39, 0.29) is 5.15 Å². The molecule has 4 rings (SSSR count). The highest BCUT2D eigenvalue weighted by Crippen LogP contribution is 2.24. The Morgan fingerprint density at radius 2 is 1.62 bits per heavy atom. The van der Waals surface area contributed by atoms with Gasteiger partial charge >= 0.3 is 0 Å². The van der Waals surface area contributed by atoms with Gasteiger partial charge in [-0.1, -0.05) is 89.6 Å². The van der Waals surface area contributed by atoms with Gasteiger partial charge in [0.25, 0.3) is 15.9 Å². The molecule has 0 radical (unpaired) electrons. The van der Waals surface area contributed by atoms with E-state index in [1.807, 2.05) is 53.3 Å². The third-order valence-corrected chi connectivity index (χ3v) is 7.14. The summed E-state index contributed by atoms with van der Waals surface area (Å²) in [5, 5.41) is 1.62. The van der Waals surface area contributed by atoms with Gasteiger partial charge in [-0.15, -0.1) is 0 Å². The standard InChI is InChI=1S/C30H23Cl2N3O3S/c1-22-33-30(32)28(16-17-29(36)34-39(37,38)19-18-24-10-6-3-7-11-24)35(22)21-26-15-14-25(20-27(26)31)13-12-23-8-4-2-5-9-23/h2-11,14-20H,21H2,1H3,(H,34,36). The number of carbonyl (C=O) groups excluding carboxylic acids is 1. The summed E-state index contributed by atoms with van der Waals surface area (Å²) >= 11 is 12.9. The zero-order valence-corrected chi connectivity index (χ0v) is 23.1. The highest BCUT2D eigenvalue weighted by Gasteiger charge is 2.14. The number of aromatic nitrogens is 2. The fourth-order valence-corrected chi connectivity index (χ4v) is 4.87. The second-order valence-corrected chi connectivity index (χ2v) is 10.7. The minimum Gasteiger partial charge on any atom is -0.323 e. The molecule has 0 aliphatic rings. The van der Waals surface area contributed by atoms with E-state index in [0.717, 1.165) is 28.2 Å². The smallest absolute Gasteiger partial charge is 0.257 e. The summed E-state index contributed by atoms with van der Waals surface area (Å²) in [6, 6.07) is 24.1. The number of hydrogen-bond acceptors (Lipinski definition) is 4. The van der Waals surface area contributed by atoms with Crippen LogP contribution in [0.4, 0.5) is 0 Å². The number of sulfonamides is 1. The molecular formula is C30H23Cl2N3O3S. The molecule has 0 fully saturated rings. The first-order valence-corrected chi connectivity index (χ1v) is 14.1. The molecule has 0 aliphatic heterocycles. The maximum absolute atomic E-state index is 12.4. The van der Waals surface area contributed by atoms with Crippen LogP contribution in [0.3, 0.4) is 0 Å². The molecule has 4 aromatic rings. The van der Waals surface area contributed by atoms with Crippen LogP contribution in [0.2, 0.25) is 10.2 Å². The quantitative estimate of drug-likeness (QED) is 0.214. The van der Waals surface area contributed by atoms with Gasteiger partial charge in [0.2, 0.25) is 0 Å². The van der Waals surface area contributed by atoms with Gasteiger partial charge in [0.05, 0.1) is 17.6 Å². The average molecular weight is 577 g/mol. The van der Waals surface area contributed by atoms with Gasteiger partial charge < -0.3 is 4.57 Å². The van der Waals surface area contributed by atoms with E-state index in [0.29, 0.717) is 28.6 Å². The van der Waals surface area contributed by atoms with Crippen LogP contribution in [-0.4, -0.2) is 23.9 Å². The minimum absolute atomic E-state index is 0.171. The lowest BCUT2D eigenvalue weighted by molar-refractivity contribution is -0.114. The molecule has 0 atom stereocenters. The van der Waals surface area contributed by atoms with Crippen molar-refractivity contribution >= 4 is 51.3 Å². The lowest BCUT2D eigenvalue weighted by atomic mass is 10.1. The summed E-state index contributed by atoms with van der Waals surface area (Å²) in [4.78, 5) is 16.7. The molecule has 1 heterocycles. The lowest BCUT2D eigenvalue weighted by Gasteiger charge is -2.10. The summed E-state index contributed by atoms with van der Waals surface area (Å²) in [5.74, 6) is 5.98. The second-order valence-electron chi connectivity index (χ2n) is 8.40. The second kappa shape index (κ2) is 12.6. The summed E-state index contributed by atoms with van der Waals surface area (Å²) in [7, 11) is -3.99. The van der Waals surface area contributed by atoms with Crippen LogP contribution in [0, 0.1) is 18.8 Å². The minimum atomic E-state index is -3.99. The van der Waals surface area contributed by atoms with Crippen molar-refractivity contribution in [2.75, 3.05) is 0 Å². The van der Waals surface area contributed by atoms with Crippen molar-refractivity contribution in [3.8, 4) is 11.8 Å². The molecular weight excluding hydrogens is 553 g/mol. The number of carbonyl (C=O) groups is 1. The molecule has 1 amide bonds.